The van der Waals surface area contributed by atoms with Gasteiger partial charge in [0.25, 0.3) is 5.89 Å². The number of rotatable bonds is 7. The summed E-state index contributed by atoms with van der Waals surface area (Å²) in [5.41, 5.74) is 1.48. The van der Waals surface area contributed by atoms with E-state index in [-0.39, 0.29) is 11.7 Å². The summed E-state index contributed by atoms with van der Waals surface area (Å²) < 4.78 is 10.4. The normalized spacial score (nSPS) is 13.4. The lowest BCUT2D eigenvalue weighted by Gasteiger charge is -2.06. The number of carbonyl (C=O) groups excluding carboxylic acids is 1. The van der Waals surface area contributed by atoms with Crippen LogP contribution >= 0.6 is 11.8 Å². The Labute approximate surface area is 160 Å². The zero-order valence-corrected chi connectivity index (χ0v) is 15.5. The molecule has 138 valence electrons. The van der Waals surface area contributed by atoms with Gasteiger partial charge < -0.3 is 14.6 Å². The molecule has 3 aromatic rings. The number of nitrogens with one attached hydrogen (secondary N) is 1. The van der Waals surface area contributed by atoms with Crippen molar-refractivity contribution in [1.82, 2.24) is 15.1 Å². The molecule has 1 N–H and O–H groups in total. The lowest BCUT2D eigenvalue weighted by atomic mass is 10.3. The molecule has 0 aliphatic heterocycles. The molecule has 0 spiro atoms. The van der Waals surface area contributed by atoms with Gasteiger partial charge in [-0.25, -0.2) is 4.98 Å². The zero-order valence-electron chi connectivity index (χ0n) is 14.7. The maximum absolute atomic E-state index is 12.1. The van der Waals surface area contributed by atoms with Gasteiger partial charge in [0, 0.05) is 23.9 Å². The minimum absolute atomic E-state index is 0.106. The fraction of sp³-hybridized carbons (Fsp3) is 0.263. The van der Waals surface area contributed by atoms with Gasteiger partial charge in [-0.05, 0) is 37.1 Å². The van der Waals surface area contributed by atoms with Crippen molar-refractivity contribution in [3.05, 3.63) is 48.4 Å². The number of nitrogens with zero attached hydrogens (tertiary/aromatic N) is 3. The summed E-state index contributed by atoms with van der Waals surface area (Å²) in [6, 6.07) is 11.0. The highest BCUT2D eigenvalue weighted by molar-refractivity contribution is 7.99. The van der Waals surface area contributed by atoms with E-state index in [2.05, 4.69) is 20.4 Å². The van der Waals surface area contributed by atoms with E-state index in [1.165, 1.54) is 11.8 Å². The fourth-order valence-corrected chi connectivity index (χ4v) is 3.13. The van der Waals surface area contributed by atoms with Crippen LogP contribution in [0.4, 0.5) is 5.69 Å². The van der Waals surface area contributed by atoms with Crippen LogP contribution in [0.1, 0.15) is 24.6 Å². The highest BCUT2D eigenvalue weighted by atomic mass is 32.2. The Morgan fingerprint density at radius 1 is 1.33 bits per heavy atom. The summed E-state index contributed by atoms with van der Waals surface area (Å²) in [7, 11) is 1.59. The van der Waals surface area contributed by atoms with Crippen LogP contribution in [0, 0.1) is 0 Å². The van der Waals surface area contributed by atoms with Gasteiger partial charge in [-0.15, -0.1) is 0 Å². The lowest BCUT2D eigenvalue weighted by Crippen LogP contribution is -2.14. The standard InChI is InChI=1S/C19H18N4O3S/c1-25-15-4-2-3-14(9-15)21-16(24)11-27-17-8-7-13(10-20-17)19-22-18(23-26-19)12-5-6-12/h2-4,7-10,12H,5-6,11H2,1H3,(H,21,24). The molecule has 7 nitrogen and oxygen atoms in total. The van der Waals surface area contributed by atoms with Gasteiger partial charge in [-0.3, -0.25) is 4.79 Å². The van der Waals surface area contributed by atoms with Crippen LogP contribution in [-0.2, 0) is 4.79 Å². The van der Waals surface area contributed by atoms with E-state index in [0.29, 0.717) is 23.2 Å². The number of benzene rings is 1. The van der Waals surface area contributed by atoms with Gasteiger partial charge in [0.15, 0.2) is 5.82 Å². The molecule has 1 aliphatic carbocycles. The first-order chi connectivity index (χ1) is 13.2. The van der Waals surface area contributed by atoms with Gasteiger partial charge in [0.2, 0.25) is 5.91 Å². The van der Waals surface area contributed by atoms with Crippen LogP contribution in [0.5, 0.6) is 5.75 Å². The molecule has 0 atom stereocenters. The van der Waals surface area contributed by atoms with Crippen molar-refractivity contribution in [2.45, 2.75) is 23.8 Å². The predicted octanol–water partition coefficient (Wildman–Crippen LogP) is 3.75. The number of hydrogen-bond donors (Lipinski definition) is 1. The minimum atomic E-state index is -0.106. The summed E-state index contributed by atoms with van der Waals surface area (Å²) in [5.74, 6) is 2.56. The molecule has 4 rings (SSSR count). The Hall–Kier alpha value is -2.87. The molecule has 1 aromatic carbocycles. The maximum atomic E-state index is 12.1. The summed E-state index contributed by atoms with van der Waals surface area (Å²) in [5, 5.41) is 7.60. The van der Waals surface area contributed by atoms with Crippen LogP contribution in [0.15, 0.2) is 52.1 Å². The van der Waals surface area contributed by atoms with Crippen molar-refractivity contribution in [3.63, 3.8) is 0 Å². The molecule has 8 heteroatoms. The number of ether oxygens (including phenoxy) is 1. The highest BCUT2D eigenvalue weighted by Gasteiger charge is 2.29. The molecule has 0 saturated heterocycles. The Balaban J connectivity index is 1.32. The zero-order chi connectivity index (χ0) is 18.6. The highest BCUT2D eigenvalue weighted by Crippen LogP contribution is 2.38. The monoisotopic (exact) mass is 382 g/mol. The largest absolute Gasteiger partial charge is 0.497 e. The number of aromatic nitrogens is 3. The quantitative estimate of drug-likeness (QED) is 0.622. The molecule has 27 heavy (non-hydrogen) atoms. The fourth-order valence-electron chi connectivity index (χ4n) is 2.49. The molecule has 2 heterocycles. The number of thioether (sulfide) groups is 1. The van der Waals surface area contributed by atoms with Gasteiger partial charge in [-0.2, -0.15) is 4.98 Å². The van der Waals surface area contributed by atoms with E-state index < -0.39 is 0 Å². The van der Waals surface area contributed by atoms with Crippen molar-refractivity contribution < 1.29 is 14.1 Å². The molecule has 1 saturated carbocycles. The molecule has 1 aliphatic rings. The van der Waals surface area contributed by atoms with Gasteiger partial charge in [0.1, 0.15) is 5.75 Å². The Kier molecular flexibility index (Phi) is 5.06. The molecule has 0 bridgehead atoms. The van der Waals surface area contributed by atoms with E-state index in [0.717, 1.165) is 29.3 Å². The lowest BCUT2D eigenvalue weighted by molar-refractivity contribution is -0.113. The molecule has 1 amide bonds. The number of amides is 1. The molecular weight excluding hydrogens is 364 g/mol. The average Bonchev–Trinajstić information content (AvgIpc) is 3.44. The second-order valence-corrected chi connectivity index (χ2v) is 7.18. The molecule has 0 radical (unpaired) electrons. The van der Waals surface area contributed by atoms with Crippen LogP contribution < -0.4 is 10.1 Å². The van der Waals surface area contributed by atoms with Gasteiger partial charge in [-0.1, -0.05) is 23.0 Å². The van der Waals surface area contributed by atoms with Gasteiger partial charge >= 0.3 is 0 Å². The summed E-state index contributed by atoms with van der Waals surface area (Å²) >= 11 is 1.36. The van der Waals surface area contributed by atoms with Crippen molar-refractivity contribution in [3.8, 4) is 17.2 Å². The Morgan fingerprint density at radius 2 is 2.22 bits per heavy atom. The topological polar surface area (TPSA) is 90.1 Å². The first kappa shape index (κ1) is 17.5. The van der Waals surface area contributed by atoms with Crippen LogP contribution in [0.2, 0.25) is 0 Å². The van der Waals surface area contributed by atoms with Crippen molar-refractivity contribution in [2.75, 3.05) is 18.2 Å². The average molecular weight is 382 g/mol. The van der Waals surface area contributed by atoms with Crippen LogP contribution in [-0.4, -0.2) is 33.9 Å². The van der Waals surface area contributed by atoms with E-state index in [4.69, 9.17) is 9.26 Å². The summed E-state index contributed by atoms with van der Waals surface area (Å²) in [4.78, 5) is 20.9. The molecule has 1 fully saturated rings. The molecule has 0 unspecified atom stereocenters. The van der Waals surface area contributed by atoms with E-state index in [9.17, 15) is 4.79 Å². The third-order valence-corrected chi connectivity index (χ3v) is 5.02. The number of hydrogen-bond acceptors (Lipinski definition) is 7. The van der Waals surface area contributed by atoms with Crippen LogP contribution in [0.25, 0.3) is 11.5 Å². The first-order valence-electron chi connectivity index (χ1n) is 8.58. The SMILES string of the molecule is COc1cccc(NC(=O)CSc2ccc(-c3nc(C4CC4)no3)cn2)c1. The van der Waals surface area contributed by atoms with E-state index >= 15 is 0 Å². The number of carbonyl (C=O) groups is 1. The molecule has 2 aromatic heterocycles. The van der Waals surface area contributed by atoms with E-state index in [1.54, 1.807) is 19.4 Å². The number of anilines is 1. The first-order valence-corrected chi connectivity index (χ1v) is 9.56. The van der Waals surface area contributed by atoms with Crippen molar-refractivity contribution >= 4 is 23.4 Å². The van der Waals surface area contributed by atoms with Crippen molar-refractivity contribution in [1.29, 1.82) is 0 Å². The smallest absolute Gasteiger partial charge is 0.259 e. The Bertz CT molecular complexity index is 938. The second kappa shape index (κ2) is 7.79. The maximum Gasteiger partial charge on any atom is 0.259 e. The second-order valence-electron chi connectivity index (χ2n) is 6.19. The minimum Gasteiger partial charge on any atom is -0.497 e. The number of methoxy groups -OCH3 is 1. The Morgan fingerprint density at radius 3 is 2.96 bits per heavy atom. The van der Waals surface area contributed by atoms with Crippen LogP contribution in [0.3, 0.4) is 0 Å². The third-order valence-electron chi connectivity index (χ3n) is 4.07. The summed E-state index contributed by atoms with van der Waals surface area (Å²) in [6.07, 6.45) is 3.95. The predicted molar refractivity (Wildman–Crippen MR) is 102 cm³/mol. The molecular formula is C19H18N4O3S. The summed E-state index contributed by atoms with van der Waals surface area (Å²) in [6.45, 7) is 0. The number of pyridine rings is 1. The van der Waals surface area contributed by atoms with Crippen molar-refractivity contribution in [2.24, 2.45) is 0 Å². The van der Waals surface area contributed by atoms with Gasteiger partial charge in [0.05, 0.1) is 23.5 Å². The third kappa shape index (κ3) is 4.46. The van der Waals surface area contributed by atoms with E-state index in [1.807, 2.05) is 30.3 Å².